The molecule has 5 nitrogen and oxygen atoms in total. The summed E-state index contributed by atoms with van der Waals surface area (Å²) in [6.07, 6.45) is -1.30. The molecule has 8 heteroatoms. The van der Waals surface area contributed by atoms with Gasteiger partial charge in [-0.15, -0.1) is 0 Å². The number of rotatable bonds is 6. The number of hydrogen-bond acceptors (Lipinski definition) is 4. The Kier molecular flexibility index (Phi) is 6.66. The first-order valence-corrected chi connectivity index (χ1v) is 8.44. The van der Waals surface area contributed by atoms with Crippen molar-refractivity contribution in [2.24, 2.45) is 0 Å². The Morgan fingerprint density at radius 1 is 1.04 bits per heavy atom. The number of anilines is 1. The molecule has 1 atom stereocenters. The van der Waals surface area contributed by atoms with Crippen LogP contribution >= 0.6 is 0 Å². The Hall–Kier alpha value is -3.03. The zero-order chi connectivity index (χ0) is 21.0. The van der Waals surface area contributed by atoms with Crippen LogP contribution in [0.4, 0.5) is 18.9 Å². The van der Waals surface area contributed by atoms with E-state index < -0.39 is 47.7 Å². The highest BCUT2D eigenvalue weighted by molar-refractivity contribution is 5.95. The molecule has 1 N–H and O–H groups in total. The summed E-state index contributed by atoms with van der Waals surface area (Å²) >= 11 is 0. The Balaban J connectivity index is 1.93. The summed E-state index contributed by atoms with van der Waals surface area (Å²) in [5, 5.41) is 2.04. The molecule has 2 aromatic carbocycles. The fraction of sp³-hybridized carbons (Fsp3) is 0.300. The second-order valence-corrected chi connectivity index (χ2v) is 6.36. The van der Waals surface area contributed by atoms with Crippen molar-refractivity contribution in [3.05, 3.63) is 58.4 Å². The number of halogens is 3. The van der Waals surface area contributed by atoms with Gasteiger partial charge in [0.2, 0.25) is 0 Å². The third-order valence-corrected chi connectivity index (χ3v) is 3.91. The lowest BCUT2D eigenvalue weighted by Gasteiger charge is -2.16. The van der Waals surface area contributed by atoms with Crippen LogP contribution < -0.4 is 10.1 Å². The van der Waals surface area contributed by atoms with E-state index in [1.807, 2.05) is 38.2 Å². The number of ether oxygens (including phenoxy) is 2. The first-order chi connectivity index (χ1) is 13.1. The number of carbonyl (C=O) groups is 2. The second-order valence-electron chi connectivity index (χ2n) is 6.36. The van der Waals surface area contributed by atoms with Crippen molar-refractivity contribution in [3.8, 4) is 5.75 Å². The van der Waals surface area contributed by atoms with Crippen molar-refractivity contribution in [2.45, 2.75) is 33.8 Å². The van der Waals surface area contributed by atoms with Gasteiger partial charge in [0.25, 0.3) is 5.91 Å². The number of esters is 1. The molecule has 0 aliphatic rings. The molecule has 0 bridgehead atoms. The fourth-order valence-electron chi connectivity index (χ4n) is 2.67. The van der Waals surface area contributed by atoms with Gasteiger partial charge in [0.05, 0.1) is 5.69 Å². The predicted octanol–water partition coefficient (Wildman–Crippen LogP) is 3.98. The molecular formula is C20H20F3NO4. The van der Waals surface area contributed by atoms with Crippen LogP contribution in [0, 0.1) is 38.2 Å². The van der Waals surface area contributed by atoms with Crippen molar-refractivity contribution in [1.29, 1.82) is 0 Å². The van der Waals surface area contributed by atoms with Gasteiger partial charge in [0.1, 0.15) is 5.75 Å². The molecule has 0 spiro atoms. The molecule has 0 aromatic heterocycles. The molecule has 150 valence electrons. The van der Waals surface area contributed by atoms with Crippen molar-refractivity contribution in [3.63, 3.8) is 0 Å². The lowest BCUT2D eigenvalue weighted by Crippen LogP contribution is -2.32. The van der Waals surface area contributed by atoms with Gasteiger partial charge in [0, 0.05) is 0 Å². The summed E-state index contributed by atoms with van der Waals surface area (Å²) in [4.78, 5) is 23.9. The van der Waals surface area contributed by atoms with Crippen LogP contribution in [0.3, 0.4) is 0 Å². The lowest BCUT2D eigenvalue weighted by atomic mass is 10.1. The van der Waals surface area contributed by atoms with Crippen molar-refractivity contribution >= 4 is 17.6 Å². The van der Waals surface area contributed by atoms with Gasteiger partial charge in [-0.3, -0.25) is 4.79 Å². The monoisotopic (exact) mass is 395 g/mol. The third-order valence-electron chi connectivity index (χ3n) is 3.91. The number of nitrogens with one attached hydrogen (secondary N) is 1. The summed E-state index contributed by atoms with van der Waals surface area (Å²) in [5.74, 6) is -5.80. The SMILES string of the molecule is Cc1cc(C)c(OCC(=O)O[C@H](C)C(=O)Nc2ccc(F)c(F)c2F)c(C)c1. The van der Waals surface area contributed by atoms with Crippen LogP contribution in [-0.4, -0.2) is 24.6 Å². The highest BCUT2D eigenvalue weighted by Gasteiger charge is 2.21. The standard InChI is InChI=1S/C20H20F3NO4/c1-10-7-11(2)19(12(3)8-10)27-9-16(25)28-13(4)20(26)24-15-6-5-14(21)17(22)18(15)23/h5-8,13H,9H2,1-4H3,(H,24,26)/t13-/m1/s1. The van der Waals surface area contributed by atoms with E-state index in [0.717, 1.165) is 22.8 Å². The van der Waals surface area contributed by atoms with E-state index >= 15 is 0 Å². The minimum absolute atomic E-state index is 0.429. The van der Waals surface area contributed by atoms with Crippen LogP contribution in [0.25, 0.3) is 0 Å². The molecule has 0 fully saturated rings. The van der Waals surface area contributed by atoms with Gasteiger partial charge < -0.3 is 14.8 Å². The van der Waals surface area contributed by atoms with Crippen molar-refractivity contribution in [2.75, 3.05) is 11.9 Å². The summed E-state index contributed by atoms with van der Waals surface area (Å²) in [6.45, 7) is 6.45. The molecule has 28 heavy (non-hydrogen) atoms. The van der Waals surface area contributed by atoms with Crippen LogP contribution in [-0.2, 0) is 14.3 Å². The van der Waals surface area contributed by atoms with E-state index in [4.69, 9.17) is 9.47 Å². The number of hydrogen-bond donors (Lipinski definition) is 1. The molecule has 2 aromatic rings. The molecule has 0 unspecified atom stereocenters. The molecular weight excluding hydrogens is 375 g/mol. The largest absolute Gasteiger partial charge is 0.481 e. The highest BCUT2D eigenvalue weighted by atomic mass is 19.2. The van der Waals surface area contributed by atoms with E-state index in [1.54, 1.807) is 0 Å². The average Bonchev–Trinajstić information content (AvgIpc) is 2.61. The molecule has 2 rings (SSSR count). The Morgan fingerprint density at radius 3 is 2.25 bits per heavy atom. The topological polar surface area (TPSA) is 64.6 Å². The summed E-state index contributed by atoms with van der Waals surface area (Å²) in [7, 11) is 0. The zero-order valence-corrected chi connectivity index (χ0v) is 15.9. The van der Waals surface area contributed by atoms with Gasteiger partial charge in [-0.25, -0.2) is 18.0 Å². The molecule has 0 radical (unpaired) electrons. The zero-order valence-electron chi connectivity index (χ0n) is 15.9. The first kappa shape index (κ1) is 21.3. The summed E-state index contributed by atoms with van der Waals surface area (Å²) in [6, 6.07) is 5.34. The molecule has 1 amide bonds. The molecule has 0 aliphatic heterocycles. The van der Waals surface area contributed by atoms with Crippen LogP contribution in [0.15, 0.2) is 24.3 Å². The van der Waals surface area contributed by atoms with Gasteiger partial charge >= 0.3 is 5.97 Å². The Morgan fingerprint density at radius 2 is 1.64 bits per heavy atom. The number of aryl methyl sites for hydroxylation is 3. The van der Waals surface area contributed by atoms with Crippen molar-refractivity contribution in [1.82, 2.24) is 0 Å². The maximum absolute atomic E-state index is 13.6. The van der Waals surface area contributed by atoms with Crippen molar-refractivity contribution < 1.29 is 32.2 Å². The van der Waals surface area contributed by atoms with E-state index in [0.29, 0.717) is 11.8 Å². The molecule has 0 heterocycles. The number of amides is 1. The molecule has 0 saturated heterocycles. The molecule has 0 aliphatic carbocycles. The Bertz CT molecular complexity index is 892. The second kappa shape index (κ2) is 8.77. The average molecular weight is 395 g/mol. The smallest absolute Gasteiger partial charge is 0.344 e. The quantitative estimate of drug-likeness (QED) is 0.594. The van der Waals surface area contributed by atoms with E-state index in [9.17, 15) is 22.8 Å². The maximum Gasteiger partial charge on any atom is 0.344 e. The predicted molar refractivity (Wildman–Crippen MR) is 96.6 cm³/mol. The summed E-state index contributed by atoms with van der Waals surface area (Å²) < 4.78 is 50.1. The minimum atomic E-state index is -1.71. The number of benzene rings is 2. The van der Waals surface area contributed by atoms with Gasteiger partial charge in [0.15, 0.2) is 30.2 Å². The van der Waals surface area contributed by atoms with Gasteiger partial charge in [-0.1, -0.05) is 17.7 Å². The highest BCUT2D eigenvalue weighted by Crippen LogP contribution is 2.24. The van der Waals surface area contributed by atoms with E-state index in [1.165, 1.54) is 6.92 Å². The number of carbonyl (C=O) groups excluding carboxylic acids is 2. The van der Waals surface area contributed by atoms with E-state index in [2.05, 4.69) is 0 Å². The Labute approximate surface area is 160 Å². The molecule has 0 saturated carbocycles. The minimum Gasteiger partial charge on any atom is -0.481 e. The lowest BCUT2D eigenvalue weighted by molar-refractivity contribution is -0.155. The maximum atomic E-state index is 13.6. The van der Waals surface area contributed by atoms with Crippen LogP contribution in [0.1, 0.15) is 23.6 Å². The first-order valence-electron chi connectivity index (χ1n) is 8.44. The fourth-order valence-corrected chi connectivity index (χ4v) is 2.67. The van der Waals surface area contributed by atoms with E-state index in [-0.39, 0.29) is 0 Å². The summed E-state index contributed by atoms with van der Waals surface area (Å²) in [5.41, 5.74) is 2.20. The van der Waals surface area contributed by atoms with Gasteiger partial charge in [-0.2, -0.15) is 0 Å². The van der Waals surface area contributed by atoms with Crippen LogP contribution in [0.2, 0.25) is 0 Å². The van der Waals surface area contributed by atoms with Crippen LogP contribution in [0.5, 0.6) is 5.75 Å². The third kappa shape index (κ3) is 5.03. The normalized spacial score (nSPS) is 11.7. The van der Waals surface area contributed by atoms with Gasteiger partial charge in [-0.05, 0) is 51.0 Å².